The first-order valence-corrected chi connectivity index (χ1v) is 6.64. The minimum atomic E-state index is 0.0740. The first-order chi connectivity index (χ1) is 8.95. The van der Waals surface area contributed by atoms with Crippen molar-refractivity contribution < 1.29 is 9.94 Å². The number of para-hydroxylation sites is 1. The fraction of sp³-hybridized carbons (Fsp3) is 0.533. The summed E-state index contributed by atoms with van der Waals surface area (Å²) in [7, 11) is 0. The Balaban J connectivity index is 2.46. The fourth-order valence-electron chi connectivity index (χ4n) is 1.85. The Morgan fingerprint density at radius 3 is 2.58 bits per heavy atom. The third kappa shape index (κ3) is 5.20. The van der Waals surface area contributed by atoms with E-state index in [4.69, 9.17) is 15.7 Å². The van der Waals surface area contributed by atoms with Crippen LogP contribution in [0.3, 0.4) is 0 Å². The van der Waals surface area contributed by atoms with Crippen molar-refractivity contribution >= 4 is 5.84 Å². The third-order valence-corrected chi connectivity index (χ3v) is 2.91. The van der Waals surface area contributed by atoms with E-state index in [9.17, 15) is 0 Å². The van der Waals surface area contributed by atoms with Gasteiger partial charge in [0.15, 0.2) is 0 Å². The van der Waals surface area contributed by atoms with Gasteiger partial charge in [0, 0.05) is 6.42 Å². The molecule has 0 aromatic heterocycles. The number of amidine groups is 1. The summed E-state index contributed by atoms with van der Waals surface area (Å²) < 4.78 is 5.84. The largest absolute Gasteiger partial charge is 0.493 e. The summed E-state index contributed by atoms with van der Waals surface area (Å²) in [6, 6.07) is 8.13. The lowest BCUT2D eigenvalue weighted by molar-refractivity contribution is 0.298. The van der Waals surface area contributed by atoms with Gasteiger partial charge in [0.2, 0.25) is 0 Å². The first-order valence-electron chi connectivity index (χ1n) is 6.64. The molecule has 0 atom stereocenters. The Hall–Kier alpha value is -1.71. The predicted octanol–water partition coefficient (Wildman–Crippen LogP) is 3.28. The smallest absolute Gasteiger partial charge is 0.139 e. The van der Waals surface area contributed by atoms with Crippen LogP contribution in [0.15, 0.2) is 29.4 Å². The lowest BCUT2D eigenvalue weighted by Gasteiger charge is -2.22. The van der Waals surface area contributed by atoms with E-state index in [1.807, 2.05) is 18.2 Å². The number of unbranched alkanes of at least 4 members (excludes halogenated alkanes) is 1. The second-order valence-corrected chi connectivity index (χ2v) is 5.64. The zero-order valence-electron chi connectivity index (χ0n) is 12.0. The molecule has 19 heavy (non-hydrogen) atoms. The molecule has 0 saturated carbocycles. The predicted molar refractivity (Wildman–Crippen MR) is 77.9 cm³/mol. The highest BCUT2D eigenvalue weighted by atomic mass is 16.5. The number of oxime groups is 1. The summed E-state index contributed by atoms with van der Waals surface area (Å²) in [5, 5.41) is 11.4. The van der Waals surface area contributed by atoms with Crippen molar-refractivity contribution in [2.45, 2.75) is 45.4 Å². The van der Waals surface area contributed by atoms with E-state index in [1.54, 1.807) is 0 Å². The van der Waals surface area contributed by atoms with E-state index in [1.165, 1.54) is 5.56 Å². The summed E-state index contributed by atoms with van der Waals surface area (Å²) in [5.41, 5.74) is 6.69. The highest BCUT2D eigenvalue weighted by Gasteiger charge is 2.18. The number of ether oxygens (including phenoxy) is 1. The fourth-order valence-corrected chi connectivity index (χ4v) is 1.85. The Morgan fingerprint density at radius 2 is 1.95 bits per heavy atom. The molecule has 0 aliphatic carbocycles. The molecule has 0 bridgehead atoms. The standard InChI is InChI=1S/C15H24N2O2/c1-15(2,3)12-8-4-5-9-13(12)19-11-7-6-10-14(16)17-18/h4-5,8-9,18H,6-7,10-11H2,1-3H3,(H2,16,17). The maximum Gasteiger partial charge on any atom is 0.139 e. The van der Waals surface area contributed by atoms with Gasteiger partial charge in [-0.05, 0) is 29.9 Å². The molecule has 0 spiro atoms. The lowest BCUT2D eigenvalue weighted by Crippen LogP contribution is -2.14. The van der Waals surface area contributed by atoms with Crippen molar-refractivity contribution in [1.82, 2.24) is 0 Å². The third-order valence-electron chi connectivity index (χ3n) is 2.91. The van der Waals surface area contributed by atoms with Crippen LogP contribution in [0.4, 0.5) is 0 Å². The second-order valence-electron chi connectivity index (χ2n) is 5.64. The van der Waals surface area contributed by atoms with Gasteiger partial charge in [-0.2, -0.15) is 0 Å². The van der Waals surface area contributed by atoms with Crippen LogP contribution in [0.2, 0.25) is 0 Å². The summed E-state index contributed by atoms with van der Waals surface area (Å²) in [4.78, 5) is 0. The summed E-state index contributed by atoms with van der Waals surface area (Å²) in [5.74, 6) is 1.22. The number of rotatable bonds is 6. The Labute approximate surface area is 115 Å². The van der Waals surface area contributed by atoms with Crippen LogP contribution in [0.5, 0.6) is 5.75 Å². The summed E-state index contributed by atoms with van der Waals surface area (Å²) >= 11 is 0. The molecule has 0 amide bonds. The van der Waals surface area contributed by atoms with Crippen LogP contribution in [0.25, 0.3) is 0 Å². The molecule has 1 rings (SSSR count). The quantitative estimate of drug-likeness (QED) is 0.272. The molecule has 0 aliphatic rings. The molecule has 4 nitrogen and oxygen atoms in total. The highest BCUT2D eigenvalue weighted by Crippen LogP contribution is 2.30. The molecule has 4 heteroatoms. The molecule has 0 radical (unpaired) electrons. The summed E-state index contributed by atoms with van der Waals surface area (Å²) in [6.07, 6.45) is 2.34. The van der Waals surface area contributed by atoms with Crippen molar-refractivity contribution in [3.8, 4) is 5.75 Å². The molecule has 0 heterocycles. The molecule has 0 unspecified atom stereocenters. The second kappa shape index (κ2) is 7.02. The van der Waals surface area contributed by atoms with E-state index in [0.717, 1.165) is 18.6 Å². The van der Waals surface area contributed by atoms with Crippen molar-refractivity contribution in [2.75, 3.05) is 6.61 Å². The summed E-state index contributed by atoms with van der Waals surface area (Å²) in [6.45, 7) is 7.17. The number of nitrogens with two attached hydrogens (primary N) is 1. The van der Waals surface area contributed by atoms with Gasteiger partial charge in [-0.1, -0.05) is 44.1 Å². The molecule has 0 fully saturated rings. The van der Waals surface area contributed by atoms with Gasteiger partial charge in [0.25, 0.3) is 0 Å². The zero-order valence-corrected chi connectivity index (χ0v) is 12.0. The lowest BCUT2D eigenvalue weighted by atomic mass is 9.86. The average Bonchev–Trinajstić information content (AvgIpc) is 2.37. The maximum atomic E-state index is 8.43. The monoisotopic (exact) mass is 264 g/mol. The van der Waals surface area contributed by atoms with Gasteiger partial charge >= 0.3 is 0 Å². The van der Waals surface area contributed by atoms with Crippen LogP contribution in [-0.4, -0.2) is 17.6 Å². The minimum absolute atomic E-state index is 0.0740. The van der Waals surface area contributed by atoms with Crippen LogP contribution >= 0.6 is 0 Å². The topological polar surface area (TPSA) is 67.8 Å². The molecule has 1 aromatic rings. The van der Waals surface area contributed by atoms with Crippen LogP contribution in [0.1, 0.15) is 45.6 Å². The number of hydrogen-bond donors (Lipinski definition) is 2. The molecule has 1 aromatic carbocycles. The van der Waals surface area contributed by atoms with Gasteiger partial charge in [0.1, 0.15) is 11.6 Å². The van der Waals surface area contributed by atoms with E-state index in [-0.39, 0.29) is 11.3 Å². The van der Waals surface area contributed by atoms with E-state index < -0.39 is 0 Å². The normalized spacial score (nSPS) is 12.5. The molecule has 0 saturated heterocycles. The number of benzene rings is 1. The van der Waals surface area contributed by atoms with Crippen molar-refractivity contribution in [2.24, 2.45) is 10.9 Å². The Morgan fingerprint density at radius 1 is 1.26 bits per heavy atom. The van der Waals surface area contributed by atoms with E-state index >= 15 is 0 Å². The zero-order chi connectivity index (χ0) is 14.3. The van der Waals surface area contributed by atoms with E-state index in [2.05, 4.69) is 32.0 Å². The minimum Gasteiger partial charge on any atom is -0.493 e. The maximum absolute atomic E-state index is 8.43. The van der Waals surface area contributed by atoms with Crippen LogP contribution < -0.4 is 10.5 Å². The molecule has 0 aliphatic heterocycles. The Bertz CT molecular complexity index is 422. The van der Waals surface area contributed by atoms with Gasteiger partial charge in [-0.3, -0.25) is 0 Å². The van der Waals surface area contributed by atoms with Gasteiger partial charge in [-0.15, -0.1) is 0 Å². The van der Waals surface area contributed by atoms with Crippen LogP contribution in [0, 0.1) is 0 Å². The van der Waals surface area contributed by atoms with Gasteiger partial charge in [-0.25, -0.2) is 0 Å². The number of nitrogens with zero attached hydrogens (tertiary/aromatic N) is 1. The van der Waals surface area contributed by atoms with Gasteiger partial charge in [0.05, 0.1) is 6.61 Å². The van der Waals surface area contributed by atoms with Crippen molar-refractivity contribution in [3.05, 3.63) is 29.8 Å². The number of hydrogen-bond acceptors (Lipinski definition) is 3. The van der Waals surface area contributed by atoms with Crippen molar-refractivity contribution in [3.63, 3.8) is 0 Å². The molecule has 106 valence electrons. The molecular formula is C15H24N2O2. The SMILES string of the molecule is CC(C)(C)c1ccccc1OCCCCC(N)=NO. The molecular weight excluding hydrogens is 240 g/mol. The highest BCUT2D eigenvalue weighted by molar-refractivity contribution is 5.79. The molecule has 3 N–H and O–H groups in total. The average molecular weight is 264 g/mol. The van der Waals surface area contributed by atoms with Crippen molar-refractivity contribution in [1.29, 1.82) is 0 Å². The first kappa shape index (κ1) is 15.3. The van der Waals surface area contributed by atoms with Crippen LogP contribution in [-0.2, 0) is 5.41 Å². The van der Waals surface area contributed by atoms with Gasteiger partial charge < -0.3 is 15.7 Å². The van der Waals surface area contributed by atoms with E-state index in [0.29, 0.717) is 13.0 Å². The Kier molecular flexibility index (Phi) is 5.67.